The van der Waals surface area contributed by atoms with Crippen molar-refractivity contribution in [2.45, 2.75) is 31.7 Å². The molecule has 1 aromatic carbocycles. The molecular formula is C19H21ClN2O3S2. The number of thiocarbonyl (C=S) groups is 1. The number of thioether (sulfide) groups is 1. The quantitative estimate of drug-likeness (QED) is 0.580. The molecule has 0 radical (unpaired) electrons. The zero-order valence-electron chi connectivity index (χ0n) is 14.8. The Labute approximate surface area is 173 Å². The van der Waals surface area contributed by atoms with Gasteiger partial charge in [0.15, 0.2) is 0 Å². The highest BCUT2D eigenvalue weighted by molar-refractivity contribution is 8.26. The average Bonchev–Trinajstić information content (AvgIpc) is 2.91. The second kappa shape index (κ2) is 9.19. The van der Waals surface area contributed by atoms with E-state index in [9.17, 15) is 14.7 Å². The molecule has 3 rings (SSSR count). The van der Waals surface area contributed by atoms with Gasteiger partial charge >= 0.3 is 0 Å². The Kier molecular flexibility index (Phi) is 6.92. The summed E-state index contributed by atoms with van der Waals surface area (Å²) < 4.78 is 0.393. The fraction of sp³-hybridized carbons (Fsp3) is 0.421. The van der Waals surface area contributed by atoms with E-state index in [4.69, 9.17) is 23.8 Å². The first-order chi connectivity index (χ1) is 13.0. The van der Waals surface area contributed by atoms with Crippen LogP contribution in [0.2, 0.25) is 5.02 Å². The standard InChI is InChI=1S/C19H21ClN2O3S2/c20-14-6-4-13(5-7-14)11-16-18(25)22(19(26)27-16)12-17(24)21-9-2-1-3-15(21)8-10-23/h4-7,11,15,23H,1-3,8-10,12H2/b16-11-. The van der Waals surface area contributed by atoms with E-state index in [2.05, 4.69) is 0 Å². The van der Waals surface area contributed by atoms with Gasteiger partial charge in [-0.1, -0.05) is 47.7 Å². The number of nitrogens with zero attached hydrogens (tertiary/aromatic N) is 2. The summed E-state index contributed by atoms with van der Waals surface area (Å²) in [6.07, 6.45) is 5.22. The Morgan fingerprint density at radius 2 is 2.07 bits per heavy atom. The van der Waals surface area contributed by atoms with E-state index in [1.807, 2.05) is 12.1 Å². The van der Waals surface area contributed by atoms with Crippen molar-refractivity contribution < 1.29 is 14.7 Å². The fourth-order valence-corrected chi connectivity index (χ4v) is 4.73. The molecule has 0 spiro atoms. The average molecular weight is 425 g/mol. The Balaban J connectivity index is 1.69. The minimum atomic E-state index is -0.246. The van der Waals surface area contributed by atoms with Crippen LogP contribution in [-0.2, 0) is 9.59 Å². The van der Waals surface area contributed by atoms with Gasteiger partial charge in [0.1, 0.15) is 10.9 Å². The molecule has 2 saturated heterocycles. The van der Waals surface area contributed by atoms with Crippen molar-refractivity contribution in [1.82, 2.24) is 9.80 Å². The molecule has 5 nitrogen and oxygen atoms in total. The lowest BCUT2D eigenvalue weighted by Gasteiger charge is -2.36. The van der Waals surface area contributed by atoms with Crippen LogP contribution in [0.3, 0.4) is 0 Å². The Morgan fingerprint density at radius 1 is 1.33 bits per heavy atom. The molecule has 1 unspecified atom stereocenters. The number of piperidine rings is 1. The third-order valence-electron chi connectivity index (χ3n) is 4.74. The molecule has 1 atom stereocenters. The molecule has 2 heterocycles. The smallest absolute Gasteiger partial charge is 0.266 e. The summed E-state index contributed by atoms with van der Waals surface area (Å²) in [6, 6.07) is 7.21. The van der Waals surface area contributed by atoms with Gasteiger partial charge in [-0.2, -0.15) is 0 Å². The number of aliphatic hydroxyl groups excluding tert-OH is 1. The lowest BCUT2D eigenvalue weighted by atomic mass is 9.99. The maximum Gasteiger partial charge on any atom is 0.266 e. The van der Waals surface area contributed by atoms with E-state index in [0.29, 0.717) is 27.2 Å². The molecule has 1 aromatic rings. The van der Waals surface area contributed by atoms with Gasteiger partial charge in [0, 0.05) is 24.2 Å². The van der Waals surface area contributed by atoms with Crippen LogP contribution in [0.4, 0.5) is 0 Å². The summed E-state index contributed by atoms with van der Waals surface area (Å²) in [5.41, 5.74) is 0.852. The van der Waals surface area contributed by atoms with E-state index < -0.39 is 0 Å². The maximum absolute atomic E-state index is 12.8. The van der Waals surface area contributed by atoms with Crippen LogP contribution < -0.4 is 0 Å². The number of carbonyl (C=O) groups excluding carboxylic acids is 2. The number of halogens is 1. The highest BCUT2D eigenvalue weighted by Gasteiger charge is 2.36. The molecule has 0 bridgehead atoms. The summed E-state index contributed by atoms with van der Waals surface area (Å²) in [5.74, 6) is -0.360. The predicted octanol–water partition coefficient (Wildman–Crippen LogP) is 3.30. The topological polar surface area (TPSA) is 60.9 Å². The van der Waals surface area contributed by atoms with Crippen LogP contribution in [0.15, 0.2) is 29.2 Å². The van der Waals surface area contributed by atoms with Crippen molar-refractivity contribution in [2.75, 3.05) is 19.7 Å². The lowest BCUT2D eigenvalue weighted by Crippen LogP contribution is -2.49. The van der Waals surface area contributed by atoms with Crippen molar-refractivity contribution in [2.24, 2.45) is 0 Å². The number of benzene rings is 1. The van der Waals surface area contributed by atoms with Crippen LogP contribution >= 0.6 is 35.6 Å². The van der Waals surface area contributed by atoms with Crippen LogP contribution in [0.25, 0.3) is 6.08 Å². The summed E-state index contributed by atoms with van der Waals surface area (Å²) >= 11 is 12.4. The second-order valence-corrected chi connectivity index (χ2v) is 8.68. The number of rotatable bonds is 5. The molecule has 2 fully saturated rings. The second-order valence-electron chi connectivity index (χ2n) is 6.57. The van der Waals surface area contributed by atoms with Gasteiger partial charge in [-0.05, 0) is 49.5 Å². The third kappa shape index (κ3) is 4.90. The van der Waals surface area contributed by atoms with Crippen LogP contribution in [0.1, 0.15) is 31.2 Å². The molecular weight excluding hydrogens is 404 g/mol. The normalized spacial score (nSPS) is 22.0. The largest absolute Gasteiger partial charge is 0.396 e. The van der Waals surface area contributed by atoms with Gasteiger partial charge in [-0.3, -0.25) is 14.5 Å². The van der Waals surface area contributed by atoms with Crippen LogP contribution in [-0.4, -0.2) is 56.8 Å². The predicted molar refractivity (Wildman–Crippen MR) is 112 cm³/mol. The molecule has 144 valence electrons. The first kappa shape index (κ1) is 20.3. The van der Waals surface area contributed by atoms with Crippen LogP contribution in [0, 0.1) is 0 Å². The monoisotopic (exact) mass is 424 g/mol. The minimum absolute atomic E-state index is 0.0410. The number of hydrogen-bond acceptors (Lipinski definition) is 5. The van der Waals surface area contributed by atoms with Crippen molar-refractivity contribution in [3.8, 4) is 0 Å². The lowest BCUT2D eigenvalue weighted by molar-refractivity contribution is -0.138. The summed E-state index contributed by atoms with van der Waals surface area (Å²) in [7, 11) is 0. The Bertz CT molecular complexity index is 765. The zero-order valence-corrected chi connectivity index (χ0v) is 17.2. The molecule has 2 aliphatic heterocycles. The molecule has 1 N–H and O–H groups in total. The fourth-order valence-electron chi connectivity index (χ4n) is 3.35. The van der Waals surface area contributed by atoms with E-state index in [-0.39, 0.29) is 31.0 Å². The molecule has 27 heavy (non-hydrogen) atoms. The zero-order chi connectivity index (χ0) is 19.4. The number of hydrogen-bond donors (Lipinski definition) is 1. The molecule has 2 amide bonds. The van der Waals surface area contributed by atoms with Gasteiger partial charge in [0.25, 0.3) is 5.91 Å². The van der Waals surface area contributed by atoms with Gasteiger partial charge in [-0.25, -0.2) is 0 Å². The van der Waals surface area contributed by atoms with Gasteiger partial charge in [0.05, 0.1) is 4.91 Å². The first-order valence-corrected chi connectivity index (χ1v) is 10.5. The number of carbonyl (C=O) groups is 2. The van der Waals surface area contributed by atoms with E-state index in [0.717, 1.165) is 24.8 Å². The van der Waals surface area contributed by atoms with Crippen molar-refractivity contribution in [3.05, 3.63) is 39.8 Å². The highest BCUT2D eigenvalue weighted by atomic mass is 35.5. The SMILES string of the molecule is O=C1/C(=C/c2ccc(Cl)cc2)SC(=S)N1CC(=O)N1CCCCC1CCO. The maximum atomic E-state index is 12.8. The Morgan fingerprint density at radius 3 is 2.78 bits per heavy atom. The summed E-state index contributed by atoms with van der Waals surface area (Å²) in [5, 5.41) is 9.87. The highest BCUT2D eigenvalue weighted by Crippen LogP contribution is 2.33. The van der Waals surface area contributed by atoms with Gasteiger partial charge in [0.2, 0.25) is 5.91 Å². The van der Waals surface area contributed by atoms with Crippen molar-refractivity contribution >= 4 is 57.8 Å². The molecule has 0 saturated carbocycles. The first-order valence-electron chi connectivity index (χ1n) is 8.91. The van der Waals surface area contributed by atoms with E-state index in [1.54, 1.807) is 23.1 Å². The summed E-state index contributed by atoms with van der Waals surface area (Å²) in [6.45, 7) is 0.669. The number of aliphatic hydroxyl groups is 1. The minimum Gasteiger partial charge on any atom is -0.396 e. The molecule has 0 aromatic heterocycles. The van der Waals surface area contributed by atoms with Crippen molar-refractivity contribution in [3.63, 3.8) is 0 Å². The van der Waals surface area contributed by atoms with Gasteiger partial charge < -0.3 is 10.0 Å². The van der Waals surface area contributed by atoms with Gasteiger partial charge in [-0.15, -0.1) is 0 Å². The van der Waals surface area contributed by atoms with E-state index in [1.165, 1.54) is 16.7 Å². The van der Waals surface area contributed by atoms with E-state index >= 15 is 0 Å². The Hall–Kier alpha value is -1.41. The van der Waals surface area contributed by atoms with Crippen LogP contribution in [0.5, 0.6) is 0 Å². The molecule has 0 aliphatic carbocycles. The molecule has 8 heteroatoms. The summed E-state index contributed by atoms with van der Waals surface area (Å²) in [4.78, 5) is 29.2. The number of likely N-dealkylation sites (tertiary alicyclic amines) is 1. The third-order valence-corrected chi connectivity index (χ3v) is 6.37. The molecule has 2 aliphatic rings. The number of amides is 2. The van der Waals surface area contributed by atoms with Crippen molar-refractivity contribution in [1.29, 1.82) is 0 Å².